The molecule has 0 radical (unpaired) electrons. The molecule has 186 valence electrons. The van der Waals surface area contributed by atoms with Crippen LogP contribution in [0.2, 0.25) is 0 Å². The molecule has 0 unspecified atom stereocenters. The quantitative estimate of drug-likeness (QED) is 0.550. The third-order valence-corrected chi connectivity index (χ3v) is 8.91. The number of piperidine rings is 1. The first-order chi connectivity index (χ1) is 16.7. The zero-order valence-corrected chi connectivity index (χ0v) is 20.6. The molecule has 0 N–H and O–H groups in total. The summed E-state index contributed by atoms with van der Waals surface area (Å²) in [5.74, 6) is -0.0186. The molecule has 1 aromatic heterocycles. The van der Waals surface area contributed by atoms with Crippen LogP contribution >= 0.6 is 0 Å². The van der Waals surface area contributed by atoms with Crippen LogP contribution in [-0.2, 0) is 32.3 Å². The average Bonchev–Trinajstić information content (AvgIpc) is 3.40. The summed E-state index contributed by atoms with van der Waals surface area (Å²) >= 11 is 0. The Morgan fingerprint density at radius 2 is 1.89 bits per heavy atom. The van der Waals surface area contributed by atoms with Crippen LogP contribution in [0.1, 0.15) is 46.8 Å². The number of amides is 1. The Labute approximate surface area is 204 Å². The Balaban J connectivity index is 1.18. The Bertz CT molecular complexity index is 1270. The lowest BCUT2D eigenvalue weighted by Gasteiger charge is -2.37. The number of carbonyl (C=O) groups excluding carboxylic acids is 2. The van der Waals surface area contributed by atoms with Crippen LogP contribution in [0, 0.1) is 6.92 Å². The zero-order valence-electron chi connectivity index (χ0n) is 19.8. The summed E-state index contributed by atoms with van der Waals surface area (Å²) in [7, 11) is -3.45. The molecule has 1 spiro atoms. The fourth-order valence-corrected chi connectivity index (χ4v) is 5.67. The second-order valence-corrected chi connectivity index (χ2v) is 11.5. The number of cyclic esters (lactones) is 1. The van der Waals surface area contributed by atoms with Crippen molar-refractivity contribution < 1.29 is 27.5 Å². The summed E-state index contributed by atoms with van der Waals surface area (Å²) in [6.07, 6.45) is 4.30. The van der Waals surface area contributed by atoms with Gasteiger partial charge >= 0.3 is 12.1 Å². The number of sulfone groups is 1. The predicted octanol–water partition coefficient (Wildman–Crippen LogP) is 2.28. The van der Waals surface area contributed by atoms with Crippen LogP contribution in [-0.4, -0.2) is 72.9 Å². The Morgan fingerprint density at radius 3 is 2.57 bits per heavy atom. The van der Waals surface area contributed by atoms with Gasteiger partial charge < -0.3 is 14.4 Å². The molecule has 3 aliphatic heterocycles. The number of esters is 1. The van der Waals surface area contributed by atoms with Gasteiger partial charge in [-0.1, -0.05) is 13.0 Å². The van der Waals surface area contributed by atoms with E-state index in [2.05, 4.69) is 14.9 Å². The Morgan fingerprint density at radius 1 is 1.11 bits per heavy atom. The Kier molecular flexibility index (Phi) is 6.00. The molecule has 0 atom stereocenters. The first kappa shape index (κ1) is 23.7. The van der Waals surface area contributed by atoms with Crippen molar-refractivity contribution >= 4 is 27.7 Å². The maximum atomic E-state index is 12.6. The van der Waals surface area contributed by atoms with Crippen molar-refractivity contribution in [3.05, 3.63) is 46.8 Å². The molecular formula is C24H28N4O6S. The molecule has 10 nitrogen and oxygen atoms in total. The molecular weight excluding hydrogens is 472 g/mol. The van der Waals surface area contributed by atoms with Crippen molar-refractivity contribution in [2.24, 2.45) is 0 Å². The molecule has 11 heteroatoms. The highest BCUT2D eigenvalue weighted by molar-refractivity contribution is 7.91. The van der Waals surface area contributed by atoms with Crippen LogP contribution in [0.25, 0.3) is 0 Å². The van der Waals surface area contributed by atoms with Crippen molar-refractivity contribution in [2.75, 3.05) is 36.8 Å². The lowest BCUT2D eigenvalue weighted by Crippen LogP contribution is -2.47. The molecule has 2 fully saturated rings. The summed E-state index contributed by atoms with van der Waals surface area (Å²) in [5, 5.41) is -0.0999. The van der Waals surface area contributed by atoms with E-state index >= 15 is 0 Å². The predicted molar refractivity (Wildman–Crippen MR) is 126 cm³/mol. The number of carbonyl (C=O) groups is 2. The molecule has 1 aromatic carbocycles. The largest absolute Gasteiger partial charge is 0.457 e. The highest BCUT2D eigenvalue weighted by atomic mass is 32.2. The topological polar surface area (TPSA) is 119 Å². The summed E-state index contributed by atoms with van der Waals surface area (Å²) in [6.45, 7) is 6.78. The first-order valence-corrected chi connectivity index (χ1v) is 13.4. The summed E-state index contributed by atoms with van der Waals surface area (Å²) in [5.41, 5.74) is 3.43. The van der Waals surface area contributed by atoms with E-state index in [1.165, 1.54) is 22.9 Å². The molecule has 2 aromatic rings. The van der Waals surface area contributed by atoms with Gasteiger partial charge in [-0.3, -0.25) is 4.90 Å². The molecule has 0 aliphatic carbocycles. The number of likely N-dealkylation sites (tertiary alicyclic amines) is 1. The molecule has 35 heavy (non-hydrogen) atoms. The minimum absolute atomic E-state index is 0.0630. The summed E-state index contributed by atoms with van der Waals surface area (Å²) in [4.78, 5) is 36.3. The van der Waals surface area contributed by atoms with E-state index in [9.17, 15) is 18.0 Å². The molecule has 1 amide bonds. The molecule has 3 aliphatic rings. The fraction of sp³-hybridized carbons (Fsp3) is 0.500. The van der Waals surface area contributed by atoms with Crippen LogP contribution < -0.4 is 4.90 Å². The van der Waals surface area contributed by atoms with Gasteiger partial charge in [-0.15, -0.1) is 0 Å². The SMILES string of the molecule is CCS(=O)(=O)c1cnc(N2CC3(CCN(CCc4ccc5c(c4C)COC5=O)CC3)OC2=O)cn1. The van der Waals surface area contributed by atoms with Gasteiger partial charge in [-0.25, -0.2) is 28.0 Å². The van der Waals surface area contributed by atoms with E-state index in [0.29, 0.717) is 37.4 Å². The minimum atomic E-state index is -3.45. The highest BCUT2D eigenvalue weighted by Crippen LogP contribution is 2.35. The number of fused-ring (bicyclic) bond motifs is 1. The van der Waals surface area contributed by atoms with E-state index in [-0.39, 0.29) is 16.7 Å². The number of aromatic nitrogens is 2. The van der Waals surface area contributed by atoms with Crippen molar-refractivity contribution in [3.8, 4) is 0 Å². The van der Waals surface area contributed by atoms with Crippen LogP contribution in [0.3, 0.4) is 0 Å². The smallest absolute Gasteiger partial charge is 0.416 e. The van der Waals surface area contributed by atoms with E-state index in [1.54, 1.807) is 6.92 Å². The van der Waals surface area contributed by atoms with Gasteiger partial charge in [0.2, 0.25) is 0 Å². The Hall–Kier alpha value is -3.05. The maximum Gasteiger partial charge on any atom is 0.416 e. The number of benzene rings is 1. The zero-order chi connectivity index (χ0) is 24.8. The number of anilines is 1. The summed E-state index contributed by atoms with van der Waals surface area (Å²) < 4.78 is 34.9. The number of nitrogens with zero attached hydrogens (tertiary/aromatic N) is 4. The monoisotopic (exact) mass is 500 g/mol. The van der Waals surface area contributed by atoms with Crippen LogP contribution in [0.5, 0.6) is 0 Å². The average molecular weight is 501 g/mol. The first-order valence-electron chi connectivity index (χ1n) is 11.8. The van der Waals surface area contributed by atoms with Gasteiger partial charge in [0.25, 0.3) is 0 Å². The van der Waals surface area contributed by atoms with Crippen LogP contribution in [0.15, 0.2) is 29.6 Å². The molecule has 4 heterocycles. The second kappa shape index (κ2) is 8.87. The normalized spacial score (nSPS) is 19.7. The molecule has 2 saturated heterocycles. The van der Waals surface area contributed by atoms with E-state index in [0.717, 1.165) is 37.2 Å². The minimum Gasteiger partial charge on any atom is -0.457 e. The van der Waals surface area contributed by atoms with Crippen molar-refractivity contribution in [1.82, 2.24) is 14.9 Å². The highest BCUT2D eigenvalue weighted by Gasteiger charge is 2.48. The molecule has 0 bridgehead atoms. The van der Waals surface area contributed by atoms with Gasteiger partial charge in [-0.05, 0) is 30.5 Å². The van der Waals surface area contributed by atoms with Gasteiger partial charge in [0, 0.05) is 38.0 Å². The number of hydrogen-bond donors (Lipinski definition) is 0. The lowest BCUT2D eigenvalue weighted by molar-refractivity contribution is 0.00124. The van der Waals surface area contributed by atoms with Gasteiger partial charge in [0.1, 0.15) is 12.2 Å². The number of hydrogen-bond acceptors (Lipinski definition) is 9. The van der Waals surface area contributed by atoms with E-state index in [4.69, 9.17) is 9.47 Å². The standard InChI is InChI=1S/C24H28N4O6S/c1-3-35(31,32)21-13-25-20(12-26-21)28-15-24(34-23(28)30)7-10-27(11-8-24)9-6-17-4-5-18-19(16(17)2)14-33-22(18)29/h4-5,12-13H,3,6-11,14-15H2,1-2H3. The number of rotatable bonds is 6. The molecule has 0 saturated carbocycles. The fourth-order valence-electron chi connectivity index (χ4n) is 4.95. The second-order valence-electron chi connectivity index (χ2n) is 9.30. The van der Waals surface area contributed by atoms with Gasteiger partial charge in [0.15, 0.2) is 20.7 Å². The van der Waals surface area contributed by atoms with Gasteiger partial charge in [-0.2, -0.15) is 0 Å². The van der Waals surface area contributed by atoms with Crippen LogP contribution in [0.4, 0.5) is 10.6 Å². The maximum absolute atomic E-state index is 12.6. The van der Waals surface area contributed by atoms with Crippen molar-refractivity contribution in [1.29, 1.82) is 0 Å². The molecule has 5 rings (SSSR count). The van der Waals surface area contributed by atoms with Crippen molar-refractivity contribution in [3.63, 3.8) is 0 Å². The number of ether oxygens (including phenoxy) is 2. The van der Waals surface area contributed by atoms with E-state index in [1.807, 2.05) is 19.1 Å². The van der Waals surface area contributed by atoms with E-state index < -0.39 is 21.5 Å². The van der Waals surface area contributed by atoms with Crippen molar-refractivity contribution in [2.45, 2.75) is 50.3 Å². The van der Waals surface area contributed by atoms with Gasteiger partial charge in [0.05, 0.1) is 30.3 Å². The third-order valence-electron chi connectivity index (χ3n) is 7.30. The third kappa shape index (κ3) is 4.38. The lowest BCUT2D eigenvalue weighted by atomic mass is 9.91. The summed E-state index contributed by atoms with van der Waals surface area (Å²) in [6, 6.07) is 3.87.